The monoisotopic (exact) mass is 715 g/mol. The summed E-state index contributed by atoms with van der Waals surface area (Å²) in [6.07, 6.45) is 0. The first-order valence-electron chi connectivity index (χ1n) is 18.9. The summed E-state index contributed by atoms with van der Waals surface area (Å²) in [5.41, 5.74) is 12.1. The molecule has 0 N–H and O–H groups in total. The number of hydrogen-bond donors (Lipinski definition) is 0. The molecule has 262 valence electrons. The Balaban J connectivity index is 1.03. The van der Waals surface area contributed by atoms with Crippen molar-refractivity contribution < 1.29 is 0 Å². The molecular formula is C51H33N5. The molecule has 56 heavy (non-hydrogen) atoms. The van der Waals surface area contributed by atoms with Gasteiger partial charge in [-0.1, -0.05) is 164 Å². The molecule has 0 fully saturated rings. The van der Waals surface area contributed by atoms with E-state index >= 15 is 0 Å². The van der Waals surface area contributed by atoms with Gasteiger partial charge in [0, 0.05) is 38.4 Å². The average Bonchev–Trinajstić information content (AvgIpc) is 3.79. The molecule has 0 radical (unpaired) electrons. The second-order valence-electron chi connectivity index (χ2n) is 14.1. The van der Waals surface area contributed by atoms with Crippen LogP contribution < -0.4 is 0 Å². The quantitative estimate of drug-likeness (QED) is 0.172. The zero-order chi connectivity index (χ0) is 37.0. The molecule has 0 atom stereocenters. The van der Waals surface area contributed by atoms with Crippen molar-refractivity contribution >= 4 is 43.6 Å². The molecule has 0 spiro atoms. The van der Waals surface area contributed by atoms with Crippen LogP contribution >= 0.6 is 0 Å². The molecule has 0 saturated carbocycles. The predicted octanol–water partition coefficient (Wildman–Crippen LogP) is 12.7. The van der Waals surface area contributed by atoms with Gasteiger partial charge in [0.25, 0.3) is 0 Å². The number of benzene rings is 8. The third-order valence-electron chi connectivity index (χ3n) is 10.8. The highest BCUT2D eigenvalue weighted by Gasteiger charge is 2.19. The van der Waals surface area contributed by atoms with Crippen molar-refractivity contribution in [1.29, 1.82) is 0 Å². The molecule has 0 aliphatic heterocycles. The molecule has 3 heterocycles. The van der Waals surface area contributed by atoms with Gasteiger partial charge in [-0.25, -0.2) is 4.98 Å². The first-order valence-corrected chi connectivity index (χ1v) is 18.9. The Morgan fingerprint density at radius 3 is 1.18 bits per heavy atom. The van der Waals surface area contributed by atoms with E-state index < -0.39 is 0 Å². The summed E-state index contributed by atoms with van der Waals surface area (Å²) < 4.78 is 4.55. The van der Waals surface area contributed by atoms with Gasteiger partial charge in [-0.3, -0.25) is 4.57 Å². The third-order valence-corrected chi connectivity index (χ3v) is 10.8. The SMILES string of the molecule is c1ccc(-c2nc(-c3ccccc3)nc(-n3c4ccccc4c4ccc(-c5ccc(-c6ccc7c8ccccc8n(-c8ccccc8)c7c6)cc5)cc43)n2)cc1. The molecule has 0 amide bonds. The Kier molecular flexibility index (Phi) is 7.42. The normalized spacial score (nSPS) is 11.6. The van der Waals surface area contributed by atoms with E-state index in [9.17, 15) is 0 Å². The van der Waals surface area contributed by atoms with Gasteiger partial charge in [-0.15, -0.1) is 0 Å². The first kappa shape index (κ1) is 31.9. The van der Waals surface area contributed by atoms with Gasteiger partial charge in [0.05, 0.1) is 22.1 Å². The highest BCUT2D eigenvalue weighted by molar-refractivity contribution is 6.11. The fourth-order valence-corrected chi connectivity index (χ4v) is 8.12. The van der Waals surface area contributed by atoms with Crippen molar-refractivity contribution in [2.24, 2.45) is 0 Å². The average molecular weight is 716 g/mol. The smallest absolute Gasteiger partial charge is 0.238 e. The summed E-state index contributed by atoms with van der Waals surface area (Å²) in [4.78, 5) is 15.2. The Morgan fingerprint density at radius 2 is 0.661 bits per heavy atom. The molecule has 0 saturated heterocycles. The van der Waals surface area contributed by atoms with Crippen LogP contribution in [0.2, 0.25) is 0 Å². The highest BCUT2D eigenvalue weighted by atomic mass is 15.2. The molecule has 3 aromatic heterocycles. The standard InChI is InChI=1S/C51H33N5/c1-4-14-36(15-5-1)49-52-50(37-16-6-2-7-17-37)54-51(53-49)56-46-23-13-11-21-42(46)44-31-29-39(33-48(44)56)35-26-24-34(25-27-35)38-28-30-43-41-20-10-12-22-45(41)55(47(43)32-38)40-18-8-3-9-19-40/h1-33H. The van der Waals surface area contributed by atoms with Crippen LogP contribution in [0.4, 0.5) is 0 Å². The molecule has 0 aliphatic carbocycles. The summed E-state index contributed by atoms with van der Waals surface area (Å²) in [6.45, 7) is 0. The third kappa shape index (κ3) is 5.29. The topological polar surface area (TPSA) is 48.5 Å². The zero-order valence-corrected chi connectivity index (χ0v) is 30.3. The van der Waals surface area contributed by atoms with Crippen LogP contribution in [-0.4, -0.2) is 24.1 Å². The minimum atomic E-state index is 0.583. The van der Waals surface area contributed by atoms with Gasteiger partial charge in [0.15, 0.2) is 11.6 Å². The van der Waals surface area contributed by atoms with Gasteiger partial charge in [0.1, 0.15) is 0 Å². The molecule has 0 bridgehead atoms. The Morgan fingerprint density at radius 1 is 0.268 bits per heavy atom. The number of hydrogen-bond acceptors (Lipinski definition) is 3. The van der Waals surface area contributed by atoms with E-state index in [-0.39, 0.29) is 0 Å². The van der Waals surface area contributed by atoms with Crippen molar-refractivity contribution in [2.45, 2.75) is 0 Å². The minimum absolute atomic E-state index is 0.583. The number of fused-ring (bicyclic) bond motifs is 6. The van der Waals surface area contributed by atoms with Gasteiger partial charge < -0.3 is 4.57 Å². The first-order chi connectivity index (χ1) is 27.8. The largest absolute Gasteiger partial charge is 0.309 e. The molecular weight excluding hydrogens is 683 g/mol. The van der Waals surface area contributed by atoms with Gasteiger partial charge in [-0.05, 0) is 58.7 Å². The summed E-state index contributed by atoms with van der Waals surface area (Å²) in [7, 11) is 0. The van der Waals surface area contributed by atoms with Gasteiger partial charge in [-0.2, -0.15) is 9.97 Å². The fourth-order valence-electron chi connectivity index (χ4n) is 8.12. The van der Waals surface area contributed by atoms with E-state index in [2.05, 4.69) is 149 Å². The number of rotatable bonds is 6. The molecule has 11 rings (SSSR count). The van der Waals surface area contributed by atoms with Crippen LogP contribution in [0.5, 0.6) is 0 Å². The molecule has 11 aromatic rings. The van der Waals surface area contributed by atoms with Crippen molar-refractivity contribution in [2.75, 3.05) is 0 Å². The maximum atomic E-state index is 5.12. The number of aromatic nitrogens is 5. The minimum Gasteiger partial charge on any atom is -0.309 e. The van der Waals surface area contributed by atoms with E-state index in [1.54, 1.807) is 0 Å². The highest BCUT2D eigenvalue weighted by Crippen LogP contribution is 2.37. The Hall–Kier alpha value is -7.63. The molecule has 0 aliphatic rings. The lowest BCUT2D eigenvalue weighted by Crippen LogP contribution is -2.06. The second kappa shape index (κ2) is 13.0. The second-order valence-corrected chi connectivity index (χ2v) is 14.1. The number of para-hydroxylation sites is 3. The fraction of sp³-hybridized carbons (Fsp3) is 0. The van der Waals surface area contributed by atoms with Crippen LogP contribution in [0.25, 0.3) is 100 Å². The lowest BCUT2D eigenvalue weighted by atomic mass is 9.98. The molecule has 8 aromatic carbocycles. The lowest BCUT2D eigenvalue weighted by molar-refractivity contribution is 0.953. The van der Waals surface area contributed by atoms with Crippen LogP contribution in [0.15, 0.2) is 200 Å². The van der Waals surface area contributed by atoms with Crippen LogP contribution in [0, 0.1) is 0 Å². The van der Waals surface area contributed by atoms with Gasteiger partial charge >= 0.3 is 0 Å². The summed E-state index contributed by atoms with van der Waals surface area (Å²) in [5.74, 6) is 1.85. The zero-order valence-electron chi connectivity index (χ0n) is 30.3. The van der Waals surface area contributed by atoms with Gasteiger partial charge in [0.2, 0.25) is 5.95 Å². The lowest BCUT2D eigenvalue weighted by Gasteiger charge is -2.11. The molecule has 0 unspecified atom stereocenters. The van der Waals surface area contributed by atoms with Crippen molar-refractivity contribution in [3.05, 3.63) is 200 Å². The van der Waals surface area contributed by atoms with E-state index in [1.165, 1.54) is 32.9 Å². The molecule has 5 nitrogen and oxygen atoms in total. The predicted molar refractivity (Wildman–Crippen MR) is 230 cm³/mol. The van der Waals surface area contributed by atoms with Crippen molar-refractivity contribution in [3.63, 3.8) is 0 Å². The van der Waals surface area contributed by atoms with E-state index in [1.807, 2.05) is 60.7 Å². The van der Waals surface area contributed by atoms with E-state index in [0.29, 0.717) is 17.6 Å². The van der Waals surface area contributed by atoms with Crippen LogP contribution in [-0.2, 0) is 0 Å². The maximum absolute atomic E-state index is 5.12. The molecule has 5 heteroatoms. The summed E-state index contributed by atoms with van der Waals surface area (Å²) >= 11 is 0. The number of nitrogens with zero attached hydrogens (tertiary/aromatic N) is 5. The van der Waals surface area contributed by atoms with E-state index in [4.69, 9.17) is 15.0 Å². The maximum Gasteiger partial charge on any atom is 0.238 e. The summed E-state index contributed by atoms with van der Waals surface area (Å²) in [6, 6.07) is 70.5. The van der Waals surface area contributed by atoms with Crippen molar-refractivity contribution in [3.8, 4) is 56.7 Å². The Labute approximate surface area is 323 Å². The Bertz CT molecular complexity index is 3160. The van der Waals surface area contributed by atoms with E-state index in [0.717, 1.165) is 49.7 Å². The summed E-state index contributed by atoms with van der Waals surface area (Å²) in [5, 5.41) is 4.80. The van der Waals surface area contributed by atoms with Crippen LogP contribution in [0.1, 0.15) is 0 Å². The van der Waals surface area contributed by atoms with Crippen LogP contribution in [0.3, 0.4) is 0 Å². The van der Waals surface area contributed by atoms with Crippen molar-refractivity contribution in [1.82, 2.24) is 24.1 Å².